The fraction of sp³-hybridized carbons (Fsp3) is 1.00. The van der Waals surface area contributed by atoms with Crippen molar-refractivity contribution >= 4 is 0 Å². The van der Waals surface area contributed by atoms with Crippen LogP contribution in [0.15, 0.2) is 10.3 Å². The molecule has 0 N–H and O–H groups in total. The van der Waals surface area contributed by atoms with Crippen molar-refractivity contribution in [1.29, 1.82) is 0 Å². The second kappa shape index (κ2) is 2.80. The summed E-state index contributed by atoms with van der Waals surface area (Å²) in [5.74, 6) is 0.903. The van der Waals surface area contributed by atoms with Crippen LogP contribution >= 0.6 is 0 Å². The van der Waals surface area contributed by atoms with Crippen LogP contribution in [-0.2, 0) is 0 Å². The van der Waals surface area contributed by atoms with E-state index >= 15 is 0 Å². The molecule has 0 radical (unpaired) electrons. The molecule has 0 aliphatic heterocycles. The van der Waals surface area contributed by atoms with Gasteiger partial charge in [-0.1, -0.05) is 5.22 Å². The Morgan fingerprint density at radius 3 is 2.67 bits per heavy atom. The molecule has 1 aliphatic rings. The lowest BCUT2D eigenvalue weighted by atomic mass is 10.4. The molecular formula is C6H13N3. The summed E-state index contributed by atoms with van der Waals surface area (Å²) in [5, 5.41) is 9.43. The van der Waals surface area contributed by atoms with Gasteiger partial charge in [0.15, 0.2) is 0 Å². The molecule has 0 unspecified atom stereocenters. The highest BCUT2D eigenvalue weighted by Gasteiger charge is 2.22. The first kappa shape index (κ1) is 6.52. The third-order valence-corrected chi connectivity index (χ3v) is 1.46. The molecule has 1 aliphatic carbocycles. The van der Waals surface area contributed by atoms with Crippen molar-refractivity contribution in [2.45, 2.75) is 12.8 Å². The van der Waals surface area contributed by atoms with Crippen LogP contribution in [0.25, 0.3) is 0 Å². The van der Waals surface area contributed by atoms with Crippen LogP contribution in [0.3, 0.4) is 0 Å². The molecule has 3 heteroatoms. The van der Waals surface area contributed by atoms with Crippen LogP contribution < -0.4 is 0 Å². The van der Waals surface area contributed by atoms with Crippen LogP contribution in [-0.4, -0.2) is 25.6 Å². The summed E-state index contributed by atoms with van der Waals surface area (Å²) in [6.07, 6.45) is 2.76. The van der Waals surface area contributed by atoms with Crippen LogP contribution in [0.1, 0.15) is 12.8 Å². The molecule has 0 heterocycles. The normalized spacial score (nSPS) is 18.9. The number of hydrogen-bond acceptors (Lipinski definition) is 2. The van der Waals surface area contributed by atoms with E-state index < -0.39 is 0 Å². The van der Waals surface area contributed by atoms with Gasteiger partial charge in [-0.25, -0.2) is 0 Å². The Hall–Kier alpha value is -0.600. The minimum atomic E-state index is 0.903. The van der Waals surface area contributed by atoms with Gasteiger partial charge in [-0.2, -0.15) is 5.11 Å². The lowest BCUT2D eigenvalue weighted by Crippen LogP contribution is -2.12. The van der Waals surface area contributed by atoms with Gasteiger partial charge < -0.3 is 0 Å². The molecule has 0 bridgehead atoms. The van der Waals surface area contributed by atoms with Gasteiger partial charge in [0, 0.05) is 13.6 Å². The van der Waals surface area contributed by atoms with E-state index in [1.807, 2.05) is 12.1 Å². The van der Waals surface area contributed by atoms with Crippen molar-refractivity contribution in [3.63, 3.8) is 0 Å². The Morgan fingerprint density at radius 1 is 1.56 bits per heavy atom. The molecule has 1 fully saturated rings. The van der Waals surface area contributed by atoms with Gasteiger partial charge in [0.25, 0.3) is 0 Å². The van der Waals surface area contributed by atoms with E-state index in [1.54, 1.807) is 7.05 Å². The third-order valence-electron chi connectivity index (χ3n) is 1.46. The Kier molecular flexibility index (Phi) is 2.03. The van der Waals surface area contributed by atoms with Crippen molar-refractivity contribution in [2.24, 2.45) is 16.3 Å². The molecule has 9 heavy (non-hydrogen) atoms. The average molecular weight is 127 g/mol. The van der Waals surface area contributed by atoms with Crippen molar-refractivity contribution < 1.29 is 0 Å². The average Bonchev–Trinajstić information content (AvgIpc) is 2.50. The van der Waals surface area contributed by atoms with Crippen molar-refractivity contribution in [1.82, 2.24) is 5.01 Å². The second-order valence-corrected chi connectivity index (χ2v) is 2.57. The second-order valence-electron chi connectivity index (χ2n) is 2.57. The molecule has 1 rings (SSSR count). The van der Waals surface area contributed by atoms with E-state index in [0.717, 1.165) is 12.5 Å². The summed E-state index contributed by atoms with van der Waals surface area (Å²) in [7, 11) is 3.66. The van der Waals surface area contributed by atoms with E-state index in [9.17, 15) is 0 Å². The number of hydrogen-bond donors (Lipinski definition) is 0. The van der Waals surface area contributed by atoms with E-state index in [2.05, 4.69) is 10.3 Å². The lowest BCUT2D eigenvalue weighted by Gasteiger charge is -2.08. The Balaban J connectivity index is 2.09. The minimum absolute atomic E-state index is 0.903. The first-order valence-electron chi connectivity index (χ1n) is 3.34. The van der Waals surface area contributed by atoms with E-state index in [0.29, 0.717) is 0 Å². The maximum absolute atomic E-state index is 3.86. The first-order valence-corrected chi connectivity index (χ1v) is 3.34. The number of nitrogens with zero attached hydrogens (tertiary/aromatic N) is 3. The SMILES string of the molecule is C/N=N\N(C)CC1CC1. The van der Waals surface area contributed by atoms with Crippen LogP contribution in [0.2, 0.25) is 0 Å². The molecule has 1 saturated carbocycles. The third kappa shape index (κ3) is 2.44. The maximum atomic E-state index is 3.86. The summed E-state index contributed by atoms with van der Waals surface area (Å²) >= 11 is 0. The van der Waals surface area contributed by atoms with E-state index in [-0.39, 0.29) is 0 Å². The predicted molar refractivity (Wildman–Crippen MR) is 36.1 cm³/mol. The van der Waals surface area contributed by atoms with E-state index in [1.165, 1.54) is 12.8 Å². The van der Waals surface area contributed by atoms with Crippen LogP contribution in [0, 0.1) is 5.92 Å². The topological polar surface area (TPSA) is 28.0 Å². The van der Waals surface area contributed by atoms with Crippen LogP contribution in [0.5, 0.6) is 0 Å². The molecule has 0 aromatic heterocycles. The first-order chi connectivity index (χ1) is 4.33. The highest BCUT2D eigenvalue weighted by atomic mass is 15.5. The molecule has 3 nitrogen and oxygen atoms in total. The van der Waals surface area contributed by atoms with Gasteiger partial charge in [-0.15, -0.1) is 0 Å². The molecule has 0 spiro atoms. The molecule has 0 atom stereocenters. The monoisotopic (exact) mass is 127 g/mol. The van der Waals surface area contributed by atoms with Gasteiger partial charge in [-0.05, 0) is 18.8 Å². The summed E-state index contributed by atoms with van der Waals surface area (Å²) in [6, 6.07) is 0. The molecule has 0 aromatic rings. The summed E-state index contributed by atoms with van der Waals surface area (Å²) in [5.41, 5.74) is 0. The van der Waals surface area contributed by atoms with Gasteiger partial charge in [-0.3, -0.25) is 5.01 Å². The largest absolute Gasteiger partial charge is 0.282 e. The standard InChI is InChI=1S/C6H13N3/c1-7-8-9(2)5-6-3-4-6/h6H,3-5H2,1-2H3/b8-7-. The summed E-state index contributed by atoms with van der Waals surface area (Å²) in [4.78, 5) is 0. The van der Waals surface area contributed by atoms with Crippen molar-refractivity contribution in [3.8, 4) is 0 Å². The highest BCUT2D eigenvalue weighted by molar-refractivity contribution is 4.74. The predicted octanol–water partition coefficient (Wildman–Crippen LogP) is 1.33. The Morgan fingerprint density at radius 2 is 2.22 bits per heavy atom. The molecule has 52 valence electrons. The van der Waals surface area contributed by atoms with Gasteiger partial charge in [0.2, 0.25) is 0 Å². The Labute approximate surface area is 55.7 Å². The smallest absolute Gasteiger partial charge is 0.0509 e. The highest BCUT2D eigenvalue weighted by Crippen LogP contribution is 2.29. The Bertz CT molecular complexity index is 107. The lowest BCUT2D eigenvalue weighted by molar-refractivity contribution is 0.315. The van der Waals surface area contributed by atoms with Crippen LogP contribution in [0.4, 0.5) is 0 Å². The summed E-state index contributed by atoms with van der Waals surface area (Å²) < 4.78 is 0. The fourth-order valence-corrected chi connectivity index (χ4v) is 0.863. The van der Waals surface area contributed by atoms with Gasteiger partial charge >= 0.3 is 0 Å². The van der Waals surface area contributed by atoms with Crippen molar-refractivity contribution in [3.05, 3.63) is 0 Å². The fourth-order valence-electron chi connectivity index (χ4n) is 0.863. The van der Waals surface area contributed by atoms with Gasteiger partial charge in [0.05, 0.1) is 7.05 Å². The minimum Gasteiger partial charge on any atom is -0.282 e. The van der Waals surface area contributed by atoms with Crippen molar-refractivity contribution in [2.75, 3.05) is 20.6 Å². The molecule has 0 aromatic carbocycles. The van der Waals surface area contributed by atoms with E-state index in [4.69, 9.17) is 0 Å². The molecule has 0 amide bonds. The maximum Gasteiger partial charge on any atom is 0.0509 e. The zero-order chi connectivity index (χ0) is 6.69. The summed E-state index contributed by atoms with van der Waals surface area (Å²) in [6.45, 7) is 1.08. The van der Waals surface area contributed by atoms with Gasteiger partial charge in [0.1, 0.15) is 0 Å². The zero-order valence-corrected chi connectivity index (χ0v) is 6.04. The quantitative estimate of drug-likeness (QED) is 0.415. The number of rotatable bonds is 3. The molecule has 0 saturated heterocycles. The molecular weight excluding hydrogens is 114 g/mol. The zero-order valence-electron chi connectivity index (χ0n) is 6.04.